The smallest absolute Gasteiger partial charge is 0.274 e. The lowest BCUT2D eigenvalue weighted by atomic mass is 10.1. The molecule has 3 rings (SSSR count). The van der Waals surface area contributed by atoms with Crippen LogP contribution in [0.4, 0.5) is 18.9 Å². The first-order valence-corrected chi connectivity index (χ1v) is 7.26. The summed E-state index contributed by atoms with van der Waals surface area (Å²) >= 11 is 0. The molecule has 0 spiro atoms. The summed E-state index contributed by atoms with van der Waals surface area (Å²) in [5.74, 6) is 0. The van der Waals surface area contributed by atoms with Gasteiger partial charge in [0, 0.05) is 0 Å². The first-order valence-electron chi connectivity index (χ1n) is 7.26. The largest absolute Gasteiger partial charge is 0.416 e. The van der Waals surface area contributed by atoms with Crippen LogP contribution in [0.1, 0.15) is 16.7 Å². The molecular weight excluding hydrogens is 331 g/mol. The molecule has 0 aliphatic rings. The van der Waals surface area contributed by atoms with Gasteiger partial charge in [-0.05, 0) is 42.0 Å². The summed E-state index contributed by atoms with van der Waals surface area (Å²) in [6.45, 7) is 0.308. The Morgan fingerprint density at radius 1 is 0.960 bits per heavy atom. The van der Waals surface area contributed by atoms with Crippen LogP contribution in [-0.2, 0) is 12.7 Å². The number of rotatable bonds is 4. The Hall–Kier alpha value is -3.34. The molecule has 3 aromatic rings. The summed E-state index contributed by atoms with van der Waals surface area (Å²) in [4.78, 5) is 0. The second kappa shape index (κ2) is 6.65. The molecule has 126 valence electrons. The van der Waals surface area contributed by atoms with Crippen molar-refractivity contribution < 1.29 is 13.2 Å². The molecule has 1 aromatic heterocycles. The minimum atomic E-state index is -4.36. The third kappa shape index (κ3) is 3.77. The van der Waals surface area contributed by atoms with E-state index in [4.69, 9.17) is 5.26 Å². The maximum Gasteiger partial charge on any atom is 0.416 e. The van der Waals surface area contributed by atoms with Crippen molar-refractivity contribution in [2.75, 3.05) is 5.01 Å². The van der Waals surface area contributed by atoms with Gasteiger partial charge < -0.3 is 0 Å². The zero-order chi connectivity index (χ0) is 17.9. The van der Waals surface area contributed by atoms with Gasteiger partial charge in [-0.15, -0.1) is 10.2 Å². The van der Waals surface area contributed by atoms with Crippen molar-refractivity contribution >= 4 is 5.69 Å². The van der Waals surface area contributed by atoms with E-state index in [1.54, 1.807) is 34.0 Å². The van der Waals surface area contributed by atoms with E-state index in [1.807, 2.05) is 6.07 Å². The third-order valence-electron chi connectivity index (χ3n) is 3.59. The zero-order valence-corrected chi connectivity index (χ0v) is 12.9. The average Bonchev–Trinajstić information content (AvgIpc) is 3.14. The summed E-state index contributed by atoms with van der Waals surface area (Å²) in [6, 6.07) is 13.9. The number of alkyl halides is 3. The van der Waals surface area contributed by atoms with Crippen LogP contribution in [0.5, 0.6) is 0 Å². The molecule has 2 aromatic carbocycles. The van der Waals surface area contributed by atoms with E-state index in [-0.39, 0.29) is 0 Å². The molecule has 1 heterocycles. The van der Waals surface area contributed by atoms with Crippen LogP contribution in [0.2, 0.25) is 0 Å². The SMILES string of the molecule is N#Cc1ccc(N(Cc2ccc(C(F)(F)F)cc2)n2cnnc2)cc1. The Bertz CT molecular complexity index is 863. The highest BCUT2D eigenvalue weighted by molar-refractivity contribution is 5.49. The van der Waals surface area contributed by atoms with Crippen LogP contribution < -0.4 is 5.01 Å². The van der Waals surface area contributed by atoms with Crippen molar-refractivity contribution in [3.8, 4) is 6.07 Å². The lowest BCUT2D eigenvalue weighted by Crippen LogP contribution is -2.27. The Morgan fingerprint density at radius 2 is 1.56 bits per heavy atom. The predicted molar refractivity (Wildman–Crippen MR) is 84.2 cm³/mol. The molecule has 0 aliphatic heterocycles. The molecule has 0 saturated carbocycles. The van der Waals surface area contributed by atoms with Crippen LogP contribution >= 0.6 is 0 Å². The van der Waals surface area contributed by atoms with E-state index in [0.29, 0.717) is 17.7 Å². The summed E-state index contributed by atoms with van der Waals surface area (Å²) < 4.78 is 39.7. The van der Waals surface area contributed by atoms with Gasteiger partial charge in [0.2, 0.25) is 0 Å². The topological polar surface area (TPSA) is 57.7 Å². The van der Waals surface area contributed by atoms with Crippen LogP contribution in [-0.4, -0.2) is 14.9 Å². The van der Waals surface area contributed by atoms with Gasteiger partial charge in [-0.2, -0.15) is 18.4 Å². The zero-order valence-electron chi connectivity index (χ0n) is 12.9. The fourth-order valence-electron chi connectivity index (χ4n) is 2.31. The normalized spacial score (nSPS) is 11.1. The summed E-state index contributed by atoms with van der Waals surface area (Å²) in [7, 11) is 0. The van der Waals surface area contributed by atoms with Gasteiger partial charge in [-0.3, -0.25) is 5.01 Å². The van der Waals surface area contributed by atoms with Crippen LogP contribution in [0.25, 0.3) is 0 Å². The lowest BCUT2D eigenvalue weighted by Gasteiger charge is -2.25. The van der Waals surface area contributed by atoms with E-state index in [0.717, 1.165) is 17.8 Å². The Morgan fingerprint density at radius 3 is 2.08 bits per heavy atom. The Balaban J connectivity index is 1.89. The molecule has 0 amide bonds. The van der Waals surface area contributed by atoms with Crippen LogP contribution in [0.3, 0.4) is 0 Å². The van der Waals surface area contributed by atoms with E-state index >= 15 is 0 Å². The number of anilines is 1. The molecule has 0 unspecified atom stereocenters. The maximum atomic E-state index is 12.7. The summed E-state index contributed by atoms with van der Waals surface area (Å²) in [5, 5.41) is 18.2. The van der Waals surface area contributed by atoms with E-state index in [1.165, 1.54) is 24.8 Å². The average molecular weight is 343 g/mol. The van der Waals surface area contributed by atoms with Crippen LogP contribution in [0.15, 0.2) is 61.2 Å². The quantitative estimate of drug-likeness (QED) is 0.726. The second-order valence-corrected chi connectivity index (χ2v) is 5.25. The van der Waals surface area contributed by atoms with E-state index in [2.05, 4.69) is 10.2 Å². The standard InChI is InChI=1S/C17H12F3N5/c18-17(19,20)15-5-1-14(2-6-15)10-25(24-11-22-23-12-24)16-7-3-13(9-21)4-8-16/h1-8,11-12H,10H2. The molecule has 0 aliphatic carbocycles. The fourth-order valence-corrected chi connectivity index (χ4v) is 2.31. The Labute approximate surface area is 141 Å². The van der Waals surface area contributed by atoms with E-state index < -0.39 is 11.7 Å². The fraction of sp³-hybridized carbons (Fsp3) is 0.118. The van der Waals surface area contributed by atoms with Gasteiger partial charge in [0.15, 0.2) is 0 Å². The molecule has 25 heavy (non-hydrogen) atoms. The van der Waals surface area contributed by atoms with Gasteiger partial charge in [-0.1, -0.05) is 12.1 Å². The molecule has 0 atom stereocenters. The number of hydrogen-bond donors (Lipinski definition) is 0. The molecule has 0 fully saturated rings. The van der Waals surface area contributed by atoms with Crippen molar-refractivity contribution in [2.24, 2.45) is 0 Å². The Kier molecular flexibility index (Phi) is 4.39. The van der Waals surface area contributed by atoms with Crippen molar-refractivity contribution in [3.63, 3.8) is 0 Å². The number of hydrogen-bond acceptors (Lipinski definition) is 4. The molecule has 0 bridgehead atoms. The van der Waals surface area contributed by atoms with Gasteiger partial charge in [-0.25, -0.2) is 4.68 Å². The first kappa shape index (κ1) is 16.5. The highest BCUT2D eigenvalue weighted by Crippen LogP contribution is 2.29. The maximum absolute atomic E-state index is 12.7. The predicted octanol–water partition coefficient (Wildman–Crippen LogP) is 3.64. The van der Waals surface area contributed by atoms with Gasteiger partial charge >= 0.3 is 6.18 Å². The monoisotopic (exact) mass is 343 g/mol. The van der Waals surface area contributed by atoms with Gasteiger partial charge in [0.05, 0.1) is 29.4 Å². The van der Waals surface area contributed by atoms with Crippen molar-refractivity contribution in [2.45, 2.75) is 12.7 Å². The molecule has 0 N–H and O–H groups in total. The molecular formula is C17H12F3N5. The molecule has 0 saturated heterocycles. The highest BCUT2D eigenvalue weighted by Gasteiger charge is 2.30. The van der Waals surface area contributed by atoms with Crippen LogP contribution in [0, 0.1) is 11.3 Å². The highest BCUT2D eigenvalue weighted by atomic mass is 19.4. The molecule has 0 radical (unpaired) electrons. The van der Waals surface area contributed by atoms with Gasteiger partial charge in [0.1, 0.15) is 12.7 Å². The number of benzene rings is 2. The summed E-state index contributed by atoms with van der Waals surface area (Å²) in [6.07, 6.45) is -1.38. The number of aromatic nitrogens is 3. The van der Waals surface area contributed by atoms with Gasteiger partial charge in [0.25, 0.3) is 0 Å². The van der Waals surface area contributed by atoms with Crippen molar-refractivity contribution in [1.82, 2.24) is 14.9 Å². The second-order valence-electron chi connectivity index (χ2n) is 5.25. The molecule has 5 nitrogen and oxygen atoms in total. The van der Waals surface area contributed by atoms with Crippen molar-refractivity contribution in [1.29, 1.82) is 5.26 Å². The summed E-state index contributed by atoms with van der Waals surface area (Å²) in [5.41, 5.74) is 1.26. The molecule has 8 heteroatoms. The van der Waals surface area contributed by atoms with E-state index in [9.17, 15) is 13.2 Å². The number of nitriles is 1. The number of nitrogens with zero attached hydrogens (tertiary/aromatic N) is 5. The minimum Gasteiger partial charge on any atom is -0.274 e. The number of halogens is 3. The third-order valence-corrected chi connectivity index (χ3v) is 3.59. The first-order chi connectivity index (χ1) is 12.0. The minimum absolute atomic E-state index is 0.308. The van der Waals surface area contributed by atoms with Crippen molar-refractivity contribution in [3.05, 3.63) is 77.9 Å². The lowest BCUT2D eigenvalue weighted by molar-refractivity contribution is -0.137.